The topological polar surface area (TPSA) is 59.0 Å². The molecule has 26 heavy (non-hydrogen) atoms. The molecule has 1 saturated carbocycles. The van der Waals surface area contributed by atoms with Gasteiger partial charge in [0.1, 0.15) is 12.4 Å². The van der Waals surface area contributed by atoms with Crippen molar-refractivity contribution in [2.24, 2.45) is 0 Å². The summed E-state index contributed by atoms with van der Waals surface area (Å²) in [7, 11) is 1.23. The molecular formula is C20H22BrNO4. The number of carbonyl (C=O) groups is 1. The molecule has 0 unspecified atom stereocenters. The molecule has 1 fully saturated rings. The quantitative estimate of drug-likeness (QED) is 0.500. The first-order valence-corrected chi connectivity index (χ1v) is 9.44. The van der Waals surface area contributed by atoms with Crippen LogP contribution in [-0.2, 0) is 17.8 Å². The maximum Gasteiger partial charge on any atom is 0.438 e. The number of benzene rings is 2. The SMILES string of the molecule is CCc1ccc(OCc2c(C3CC3)cccc2N(O)C(=O)OC)c(Br)c1. The molecule has 0 radical (unpaired) electrons. The maximum absolute atomic E-state index is 11.8. The zero-order chi connectivity index (χ0) is 18.7. The number of nitrogens with zero attached hydrogens (tertiary/aromatic N) is 1. The molecule has 5 nitrogen and oxygen atoms in total. The van der Waals surface area contributed by atoms with Crippen LogP contribution in [0.2, 0.25) is 0 Å². The average Bonchev–Trinajstić information content (AvgIpc) is 3.50. The van der Waals surface area contributed by atoms with Gasteiger partial charge in [0, 0.05) is 5.56 Å². The first-order valence-electron chi connectivity index (χ1n) is 8.65. The predicted molar refractivity (Wildman–Crippen MR) is 103 cm³/mol. The molecular weight excluding hydrogens is 398 g/mol. The number of hydrogen-bond donors (Lipinski definition) is 1. The molecule has 0 saturated heterocycles. The van der Waals surface area contributed by atoms with Gasteiger partial charge in [-0.05, 0) is 70.4 Å². The Morgan fingerprint density at radius 1 is 1.31 bits per heavy atom. The van der Waals surface area contributed by atoms with Crippen LogP contribution in [0.3, 0.4) is 0 Å². The van der Waals surface area contributed by atoms with Gasteiger partial charge in [-0.3, -0.25) is 5.21 Å². The van der Waals surface area contributed by atoms with E-state index < -0.39 is 6.09 Å². The molecule has 138 valence electrons. The molecule has 2 aromatic rings. The number of hydroxylamine groups is 1. The monoisotopic (exact) mass is 419 g/mol. The summed E-state index contributed by atoms with van der Waals surface area (Å²) in [6.45, 7) is 2.35. The molecule has 1 amide bonds. The standard InChI is InChI=1S/C20H22BrNO4/c1-3-13-7-10-19(17(21)11-13)26-12-16-15(14-8-9-14)5-4-6-18(16)22(24)20(23)25-2/h4-7,10-11,14,24H,3,8-9,12H2,1-2H3. The van der Waals surface area contributed by atoms with E-state index in [0.29, 0.717) is 16.7 Å². The molecule has 0 spiro atoms. The fourth-order valence-electron chi connectivity index (χ4n) is 2.94. The van der Waals surface area contributed by atoms with Crippen LogP contribution in [0.5, 0.6) is 5.75 Å². The van der Waals surface area contributed by atoms with E-state index in [2.05, 4.69) is 27.6 Å². The highest BCUT2D eigenvalue weighted by Crippen LogP contribution is 2.44. The molecule has 6 heteroatoms. The summed E-state index contributed by atoms with van der Waals surface area (Å²) in [4.78, 5) is 11.8. The van der Waals surface area contributed by atoms with E-state index in [9.17, 15) is 10.0 Å². The van der Waals surface area contributed by atoms with Crippen molar-refractivity contribution in [3.8, 4) is 5.75 Å². The van der Waals surface area contributed by atoms with Crippen molar-refractivity contribution in [1.29, 1.82) is 0 Å². The fourth-order valence-corrected chi connectivity index (χ4v) is 3.48. The van der Waals surface area contributed by atoms with Crippen molar-refractivity contribution in [2.45, 2.75) is 38.7 Å². The molecule has 1 aliphatic carbocycles. The van der Waals surface area contributed by atoms with Crippen LogP contribution >= 0.6 is 15.9 Å². The van der Waals surface area contributed by atoms with Crippen molar-refractivity contribution in [1.82, 2.24) is 0 Å². The number of anilines is 1. The van der Waals surface area contributed by atoms with E-state index in [1.165, 1.54) is 12.7 Å². The lowest BCUT2D eigenvalue weighted by molar-refractivity contribution is 0.140. The van der Waals surface area contributed by atoms with Gasteiger partial charge in [-0.25, -0.2) is 4.79 Å². The van der Waals surface area contributed by atoms with E-state index in [1.54, 1.807) is 6.07 Å². The third kappa shape index (κ3) is 4.02. The second-order valence-electron chi connectivity index (χ2n) is 6.31. The Labute approximate surface area is 161 Å². The first kappa shape index (κ1) is 18.7. The van der Waals surface area contributed by atoms with Gasteiger partial charge in [0.15, 0.2) is 0 Å². The van der Waals surface area contributed by atoms with Crippen LogP contribution in [0.25, 0.3) is 0 Å². The van der Waals surface area contributed by atoms with Gasteiger partial charge in [0.2, 0.25) is 0 Å². The minimum absolute atomic E-state index is 0.250. The van der Waals surface area contributed by atoms with Crippen LogP contribution in [0.15, 0.2) is 40.9 Å². The summed E-state index contributed by atoms with van der Waals surface area (Å²) in [6, 6.07) is 11.6. The summed E-state index contributed by atoms with van der Waals surface area (Å²) < 4.78 is 11.5. The van der Waals surface area contributed by atoms with Crippen molar-refractivity contribution in [2.75, 3.05) is 12.2 Å². The lowest BCUT2D eigenvalue weighted by Crippen LogP contribution is -2.28. The summed E-state index contributed by atoms with van der Waals surface area (Å²) in [5.74, 6) is 1.17. The van der Waals surface area contributed by atoms with Gasteiger partial charge < -0.3 is 9.47 Å². The van der Waals surface area contributed by atoms with E-state index in [-0.39, 0.29) is 6.61 Å². The van der Waals surface area contributed by atoms with E-state index in [0.717, 1.165) is 40.6 Å². The Balaban J connectivity index is 1.89. The Bertz CT molecular complexity index is 804. The van der Waals surface area contributed by atoms with Crippen molar-refractivity contribution < 1.29 is 19.5 Å². The van der Waals surface area contributed by atoms with E-state index in [1.807, 2.05) is 30.3 Å². The zero-order valence-corrected chi connectivity index (χ0v) is 16.5. The number of rotatable bonds is 6. The average molecular weight is 420 g/mol. The third-order valence-corrected chi connectivity index (χ3v) is 5.18. The van der Waals surface area contributed by atoms with Crippen molar-refractivity contribution in [3.63, 3.8) is 0 Å². The third-order valence-electron chi connectivity index (χ3n) is 4.56. The molecule has 2 aromatic carbocycles. The Morgan fingerprint density at radius 3 is 2.69 bits per heavy atom. The number of aryl methyl sites for hydroxylation is 1. The minimum atomic E-state index is -0.826. The maximum atomic E-state index is 11.8. The number of methoxy groups -OCH3 is 1. The summed E-state index contributed by atoms with van der Waals surface area (Å²) in [6.07, 6.45) is 2.34. The van der Waals surface area contributed by atoms with Crippen LogP contribution < -0.4 is 9.80 Å². The van der Waals surface area contributed by atoms with Gasteiger partial charge in [-0.2, -0.15) is 5.06 Å². The second-order valence-corrected chi connectivity index (χ2v) is 7.16. The Kier molecular flexibility index (Phi) is 5.84. The molecule has 0 heterocycles. The number of ether oxygens (including phenoxy) is 2. The highest BCUT2D eigenvalue weighted by molar-refractivity contribution is 9.10. The molecule has 0 atom stereocenters. The smallest absolute Gasteiger partial charge is 0.438 e. The molecule has 3 rings (SSSR count). The second kappa shape index (κ2) is 8.10. The molecule has 1 N–H and O–H groups in total. The highest BCUT2D eigenvalue weighted by atomic mass is 79.9. The molecule has 1 aliphatic rings. The van der Waals surface area contributed by atoms with Gasteiger partial charge in [-0.1, -0.05) is 25.1 Å². The fraction of sp³-hybridized carbons (Fsp3) is 0.350. The first-order chi connectivity index (χ1) is 12.5. The van der Waals surface area contributed by atoms with E-state index >= 15 is 0 Å². The van der Waals surface area contributed by atoms with Crippen molar-refractivity contribution >= 4 is 27.7 Å². The highest BCUT2D eigenvalue weighted by Gasteiger charge is 2.29. The van der Waals surface area contributed by atoms with Gasteiger partial charge in [0.05, 0.1) is 17.3 Å². The number of carbonyl (C=O) groups excluding carboxylic acids is 1. The lowest BCUT2D eigenvalue weighted by atomic mass is 10.0. The number of hydrogen-bond acceptors (Lipinski definition) is 4. The molecule has 0 bridgehead atoms. The largest absolute Gasteiger partial charge is 0.488 e. The molecule has 0 aromatic heterocycles. The van der Waals surface area contributed by atoms with E-state index in [4.69, 9.17) is 4.74 Å². The van der Waals surface area contributed by atoms with Crippen LogP contribution in [-0.4, -0.2) is 18.4 Å². The zero-order valence-electron chi connectivity index (χ0n) is 14.9. The summed E-state index contributed by atoms with van der Waals surface area (Å²) in [5, 5.41) is 10.8. The van der Waals surface area contributed by atoms with Crippen molar-refractivity contribution in [3.05, 3.63) is 57.6 Å². The summed E-state index contributed by atoms with van der Waals surface area (Å²) >= 11 is 3.54. The van der Waals surface area contributed by atoms with Gasteiger partial charge in [-0.15, -0.1) is 0 Å². The normalized spacial score (nSPS) is 13.4. The summed E-state index contributed by atoms with van der Waals surface area (Å²) in [5.41, 5.74) is 3.51. The van der Waals surface area contributed by atoms with Crippen LogP contribution in [0.1, 0.15) is 42.4 Å². The number of halogens is 1. The van der Waals surface area contributed by atoms with Crippen LogP contribution in [0, 0.1) is 0 Å². The molecule has 0 aliphatic heterocycles. The number of amides is 1. The Morgan fingerprint density at radius 2 is 2.08 bits per heavy atom. The predicted octanol–water partition coefficient (Wildman–Crippen LogP) is 5.43. The van der Waals surface area contributed by atoms with Crippen LogP contribution in [0.4, 0.5) is 10.5 Å². The van der Waals surface area contributed by atoms with Gasteiger partial charge in [0.25, 0.3) is 0 Å². The Hall–Kier alpha value is -2.05. The lowest BCUT2D eigenvalue weighted by Gasteiger charge is -2.20. The minimum Gasteiger partial charge on any atom is -0.488 e. The van der Waals surface area contributed by atoms with Gasteiger partial charge >= 0.3 is 6.09 Å².